The lowest BCUT2D eigenvalue weighted by molar-refractivity contribution is -0.138. The Balaban J connectivity index is 1.88. The predicted molar refractivity (Wildman–Crippen MR) is 67.5 cm³/mol. The van der Waals surface area contributed by atoms with E-state index in [1.165, 1.54) is 0 Å². The molecule has 1 N–H and O–H groups in total. The van der Waals surface area contributed by atoms with Crippen LogP contribution in [0.15, 0.2) is 0 Å². The van der Waals surface area contributed by atoms with Crippen LogP contribution in [0.4, 0.5) is 0 Å². The summed E-state index contributed by atoms with van der Waals surface area (Å²) >= 11 is 0. The van der Waals surface area contributed by atoms with Crippen molar-refractivity contribution in [2.45, 2.75) is 25.3 Å². The Morgan fingerprint density at radius 2 is 2.12 bits per heavy atom. The van der Waals surface area contributed by atoms with E-state index in [9.17, 15) is 4.79 Å². The third kappa shape index (κ3) is 2.62. The van der Waals surface area contributed by atoms with Crippen molar-refractivity contribution in [2.24, 2.45) is 0 Å². The van der Waals surface area contributed by atoms with Crippen LogP contribution in [-0.4, -0.2) is 60.5 Å². The number of amides is 1. The molecule has 2 saturated heterocycles. The summed E-state index contributed by atoms with van der Waals surface area (Å²) in [6.07, 6.45) is 7.34. The molecule has 2 rings (SSSR count). The van der Waals surface area contributed by atoms with Gasteiger partial charge in [0.1, 0.15) is 0 Å². The van der Waals surface area contributed by atoms with Gasteiger partial charge >= 0.3 is 0 Å². The fraction of sp³-hybridized carbons (Fsp3) is 0.769. The van der Waals surface area contributed by atoms with Gasteiger partial charge in [0.2, 0.25) is 5.91 Å². The molecule has 0 aliphatic carbocycles. The molecule has 0 aromatic carbocycles. The number of nitrogens with one attached hydrogen (secondary N) is 1. The van der Waals surface area contributed by atoms with Gasteiger partial charge in [0.25, 0.3) is 0 Å². The van der Waals surface area contributed by atoms with E-state index in [0.29, 0.717) is 6.54 Å². The van der Waals surface area contributed by atoms with Crippen molar-refractivity contribution in [1.82, 2.24) is 15.1 Å². The molecule has 2 heterocycles. The van der Waals surface area contributed by atoms with Crippen molar-refractivity contribution in [3.05, 3.63) is 0 Å². The van der Waals surface area contributed by atoms with E-state index in [2.05, 4.69) is 16.1 Å². The molecular formula is C13H21N3O. The van der Waals surface area contributed by atoms with Gasteiger partial charge in [0.15, 0.2) is 0 Å². The van der Waals surface area contributed by atoms with E-state index < -0.39 is 0 Å². The SMILES string of the molecule is C#CCN1CCN(C(=O)C2(C)CCCN2)CC1. The Hall–Kier alpha value is -1.05. The number of carbonyl (C=O) groups is 1. The van der Waals surface area contributed by atoms with Crippen LogP contribution >= 0.6 is 0 Å². The third-order valence-corrected chi connectivity index (χ3v) is 3.82. The van der Waals surface area contributed by atoms with Crippen LogP contribution in [-0.2, 0) is 4.79 Å². The van der Waals surface area contributed by atoms with Crippen LogP contribution in [0.5, 0.6) is 0 Å². The Bertz CT molecular complexity index is 320. The van der Waals surface area contributed by atoms with Gasteiger partial charge in [-0.1, -0.05) is 5.92 Å². The Morgan fingerprint density at radius 1 is 1.41 bits per heavy atom. The van der Waals surface area contributed by atoms with E-state index in [4.69, 9.17) is 6.42 Å². The van der Waals surface area contributed by atoms with Crippen molar-refractivity contribution in [2.75, 3.05) is 39.3 Å². The molecule has 0 spiro atoms. The smallest absolute Gasteiger partial charge is 0.242 e. The molecule has 1 unspecified atom stereocenters. The summed E-state index contributed by atoms with van der Waals surface area (Å²) in [6.45, 7) is 7.07. The molecule has 4 nitrogen and oxygen atoms in total. The van der Waals surface area contributed by atoms with Gasteiger partial charge in [-0.25, -0.2) is 0 Å². The molecule has 1 atom stereocenters. The maximum Gasteiger partial charge on any atom is 0.242 e. The largest absolute Gasteiger partial charge is 0.339 e. The number of hydrogen-bond donors (Lipinski definition) is 1. The monoisotopic (exact) mass is 235 g/mol. The third-order valence-electron chi connectivity index (χ3n) is 3.82. The summed E-state index contributed by atoms with van der Waals surface area (Å²) in [5.41, 5.74) is -0.325. The molecule has 0 bridgehead atoms. The number of terminal acetylenes is 1. The lowest BCUT2D eigenvalue weighted by Gasteiger charge is -2.38. The van der Waals surface area contributed by atoms with E-state index >= 15 is 0 Å². The zero-order chi connectivity index (χ0) is 12.3. The zero-order valence-corrected chi connectivity index (χ0v) is 10.5. The molecule has 0 aromatic heterocycles. The molecule has 0 saturated carbocycles. The standard InChI is InChI=1S/C13H21N3O/c1-3-7-15-8-10-16(11-9-15)12(17)13(2)5-4-6-14-13/h1,14H,4-11H2,2H3. The minimum Gasteiger partial charge on any atom is -0.339 e. The van der Waals surface area contributed by atoms with Gasteiger partial charge < -0.3 is 10.2 Å². The van der Waals surface area contributed by atoms with Crippen molar-refractivity contribution in [3.63, 3.8) is 0 Å². The molecule has 17 heavy (non-hydrogen) atoms. The van der Waals surface area contributed by atoms with Gasteiger partial charge in [-0.05, 0) is 26.3 Å². The number of nitrogens with zero attached hydrogens (tertiary/aromatic N) is 2. The molecule has 94 valence electrons. The molecule has 2 aliphatic rings. The van der Waals surface area contributed by atoms with Crippen LogP contribution in [0.25, 0.3) is 0 Å². The second-order valence-electron chi connectivity index (χ2n) is 5.13. The minimum atomic E-state index is -0.325. The van der Waals surface area contributed by atoms with Gasteiger partial charge in [0, 0.05) is 26.2 Å². The van der Waals surface area contributed by atoms with Gasteiger partial charge in [-0.2, -0.15) is 0 Å². The highest BCUT2D eigenvalue weighted by Gasteiger charge is 2.39. The van der Waals surface area contributed by atoms with Crippen LogP contribution in [0.2, 0.25) is 0 Å². The first-order chi connectivity index (χ1) is 8.15. The average Bonchev–Trinajstić information content (AvgIpc) is 2.78. The first kappa shape index (κ1) is 12.4. The molecule has 0 aromatic rings. The van der Waals surface area contributed by atoms with Gasteiger partial charge in [-0.15, -0.1) is 6.42 Å². The predicted octanol–water partition coefficient (Wildman–Crippen LogP) is -0.0941. The molecule has 0 radical (unpaired) electrons. The van der Waals surface area contributed by atoms with Crippen LogP contribution in [0, 0.1) is 12.3 Å². The van der Waals surface area contributed by atoms with E-state index in [1.807, 2.05) is 11.8 Å². The summed E-state index contributed by atoms with van der Waals surface area (Å²) < 4.78 is 0. The van der Waals surface area contributed by atoms with Crippen LogP contribution in [0.1, 0.15) is 19.8 Å². The molecule has 2 aliphatic heterocycles. The molecule has 4 heteroatoms. The number of hydrogen-bond acceptors (Lipinski definition) is 3. The quantitative estimate of drug-likeness (QED) is 0.679. The first-order valence-corrected chi connectivity index (χ1v) is 6.36. The first-order valence-electron chi connectivity index (χ1n) is 6.36. The molecule has 1 amide bonds. The fourth-order valence-corrected chi connectivity index (χ4v) is 2.66. The van der Waals surface area contributed by atoms with E-state index in [1.54, 1.807) is 0 Å². The second-order valence-corrected chi connectivity index (χ2v) is 5.13. The highest BCUT2D eigenvalue weighted by Crippen LogP contribution is 2.21. The van der Waals surface area contributed by atoms with Crippen LogP contribution < -0.4 is 5.32 Å². The van der Waals surface area contributed by atoms with Crippen LogP contribution in [0.3, 0.4) is 0 Å². The summed E-state index contributed by atoms with van der Waals surface area (Å²) in [5.74, 6) is 2.91. The Kier molecular flexibility index (Phi) is 3.70. The summed E-state index contributed by atoms with van der Waals surface area (Å²) in [4.78, 5) is 16.6. The second kappa shape index (κ2) is 5.07. The maximum absolute atomic E-state index is 12.4. The maximum atomic E-state index is 12.4. The lowest BCUT2D eigenvalue weighted by Crippen LogP contribution is -2.57. The highest BCUT2D eigenvalue weighted by molar-refractivity contribution is 5.86. The van der Waals surface area contributed by atoms with E-state index in [-0.39, 0.29) is 11.4 Å². The number of piperazine rings is 1. The van der Waals surface area contributed by atoms with Crippen molar-refractivity contribution in [1.29, 1.82) is 0 Å². The Labute approximate surface area is 103 Å². The lowest BCUT2D eigenvalue weighted by atomic mass is 9.98. The van der Waals surface area contributed by atoms with Crippen molar-refractivity contribution >= 4 is 5.91 Å². The summed E-state index contributed by atoms with van der Waals surface area (Å²) in [7, 11) is 0. The molecule has 2 fully saturated rings. The van der Waals surface area contributed by atoms with Crippen molar-refractivity contribution < 1.29 is 4.79 Å². The van der Waals surface area contributed by atoms with Gasteiger partial charge in [0.05, 0.1) is 12.1 Å². The zero-order valence-electron chi connectivity index (χ0n) is 10.5. The number of carbonyl (C=O) groups excluding carboxylic acids is 1. The van der Waals surface area contributed by atoms with E-state index in [0.717, 1.165) is 45.6 Å². The topological polar surface area (TPSA) is 35.6 Å². The summed E-state index contributed by atoms with van der Waals surface area (Å²) in [6, 6.07) is 0. The average molecular weight is 235 g/mol. The highest BCUT2D eigenvalue weighted by atomic mass is 16.2. The minimum absolute atomic E-state index is 0.260. The number of rotatable bonds is 2. The van der Waals surface area contributed by atoms with Gasteiger partial charge in [-0.3, -0.25) is 9.69 Å². The Morgan fingerprint density at radius 3 is 2.65 bits per heavy atom. The summed E-state index contributed by atoms with van der Waals surface area (Å²) in [5, 5.41) is 3.33. The fourth-order valence-electron chi connectivity index (χ4n) is 2.66. The normalized spacial score (nSPS) is 30.2. The van der Waals surface area contributed by atoms with Crippen molar-refractivity contribution in [3.8, 4) is 12.3 Å². The molecular weight excluding hydrogens is 214 g/mol.